The number of nitrogens with one attached hydrogen (secondary N) is 1. The van der Waals surface area contributed by atoms with Gasteiger partial charge >= 0.3 is 0 Å². The number of amides is 1. The van der Waals surface area contributed by atoms with Gasteiger partial charge in [-0.05, 0) is 36.8 Å². The number of unbranched alkanes of at least 4 members (excludes halogenated alkanes) is 1. The van der Waals surface area contributed by atoms with Crippen molar-refractivity contribution in [2.24, 2.45) is 5.73 Å². The van der Waals surface area contributed by atoms with E-state index in [0.717, 1.165) is 30.6 Å². The zero-order chi connectivity index (χ0) is 14.4. The average molecular weight is 271 g/mol. The maximum atomic E-state index is 12.0. The predicted octanol–water partition coefficient (Wildman–Crippen LogP) is 2.93. The lowest BCUT2D eigenvalue weighted by Gasteiger charge is -2.12. The van der Waals surface area contributed by atoms with E-state index < -0.39 is 6.04 Å². The Balaban J connectivity index is 2.03. The molecule has 4 heteroatoms. The molecule has 4 nitrogen and oxygen atoms in total. The smallest absolute Gasteiger partial charge is 0.241 e. The number of nitrogens with two attached hydrogens (primary N) is 1. The molecule has 0 aliphatic heterocycles. The lowest BCUT2D eigenvalue weighted by Crippen LogP contribution is -2.35. The molecular weight excluding hydrogens is 250 g/mol. The van der Waals surface area contributed by atoms with Crippen LogP contribution in [0.5, 0.6) is 0 Å². The first kappa shape index (κ1) is 14.3. The molecule has 0 spiro atoms. The number of hydrogen-bond acceptors (Lipinski definition) is 2. The normalized spacial score (nSPS) is 12.1. The van der Waals surface area contributed by atoms with E-state index in [1.54, 1.807) is 0 Å². The van der Waals surface area contributed by atoms with Crippen LogP contribution in [0.25, 0.3) is 5.69 Å². The topological polar surface area (TPSA) is 60.1 Å². The van der Waals surface area contributed by atoms with Gasteiger partial charge in [0, 0.05) is 23.8 Å². The maximum Gasteiger partial charge on any atom is 0.241 e. The molecule has 0 bridgehead atoms. The summed E-state index contributed by atoms with van der Waals surface area (Å²) in [5, 5.41) is 2.88. The second-order valence-corrected chi connectivity index (χ2v) is 4.88. The Morgan fingerprint density at radius 2 is 2.05 bits per heavy atom. The Kier molecular flexibility index (Phi) is 4.96. The highest BCUT2D eigenvalue weighted by Gasteiger charge is 2.12. The highest BCUT2D eigenvalue weighted by molar-refractivity contribution is 5.94. The van der Waals surface area contributed by atoms with Crippen LogP contribution in [0.2, 0.25) is 0 Å². The van der Waals surface area contributed by atoms with Gasteiger partial charge in [0.1, 0.15) is 0 Å². The van der Waals surface area contributed by atoms with Crippen molar-refractivity contribution >= 4 is 11.6 Å². The van der Waals surface area contributed by atoms with Crippen molar-refractivity contribution in [2.45, 2.75) is 32.2 Å². The van der Waals surface area contributed by atoms with Crippen LogP contribution in [0.1, 0.15) is 26.2 Å². The molecule has 1 aromatic carbocycles. The van der Waals surface area contributed by atoms with Gasteiger partial charge in [0.05, 0.1) is 6.04 Å². The first-order chi connectivity index (χ1) is 9.70. The van der Waals surface area contributed by atoms with Crippen molar-refractivity contribution < 1.29 is 4.79 Å². The third-order valence-electron chi connectivity index (χ3n) is 3.22. The fourth-order valence-corrected chi connectivity index (χ4v) is 2.04. The molecule has 106 valence electrons. The standard InChI is InChI=1S/C16H21N3O/c1-2-3-9-15(17)16(20)18-13-7-6-8-14(12-13)19-10-4-5-11-19/h4-8,10-12,15H,2-3,9,17H2,1H3,(H,18,20). The minimum Gasteiger partial charge on any atom is -0.325 e. The second kappa shape index (κ2) is 6.91. The number of benzene rings is 1. The molecule has 0 radical (unpaired) electrons. The molecule has 0 saturated carbocycles. The van der Waals surface area contributed by atoms with Crippen molar-refractivity contribution in [1.82, 2.24) is 4.57 Å². The quantitative estimate of drug-likeness (QED) is 0.848. The highest BCUT2D eigenvalue weighted by atomic mass is 16.2. The van der Waals surface area contributed by atoms with E-state index in [1.165, 1.54) is 0 Å². The van der Waals surface area contributed by atoms with Crippen molar-refractivity contribution in [3.63, 3.8) is 0 Å². The summed E-state index contributed by atoms with van der Waals surface area (Å²) in [5.74, 6) is -0.122. The molecular formula is C16H21N3O. The Morgan fingerprint density at radius 1 is 1.30 bits per heavy atom. The van der Waals surface area contributed by atoms with Gasteiger partial charge in [-0.1, -0.05) is 25.8 Å². The van der Waals surface area contributed by atoms with Crippen LogP contribution in [-0.4, -0.2) is 16.5 Å². The van der Waals surface area contributed by atoms with E-state index in [0.29, 0.717) is 0 Å². The van der Waals surface area contributed by atoms with Crippen LogP contribution in [0.4, 0.5) is 5.69 Å². The molecule has 2 rings (SSSR count). The van der Waals surface area contributed by atoms with E-state index >= 15 is 0 Å². The average Bonchev–Trinajstić information content (AvgIpc) is 2.99. The van der Waals surface area contributed by atoms with Gasteiger partial charge in [-0.25, -0.2) is 0 Å². The van der Waals surface area contributed by atoms with Crippen LogP contribution in [0.3, 0.4) is 0 Å². The molecule has 0 saturated heterocycles. The Morgan fingerprint density at radius 3 is 2.75 bits per heavy atom. The zero-order valence-electron chi connectivity index (χ0n) is 11.8. The minimum absolute atomic E-state index is 0.122. The van der Waals surface area contributed by atoms with E-state index in [2.05, 4.69) is 12.2 Å². The van der Waals surface area contributed by atoms with Crippen molar-refractivity contribution in [3.05, 3.63) is 48.8 Å². The first-order valence-corrected chi connectivity index (χ1v) is 7.00. The molecule has 0 aliphatic carbocycles. The lowest BCUT2D eigenvalue weighted by molar-refractivity contribution is -0.117. The number of rotatable bonds is 6. The molecule has 3 N–H and O–H groups in total. The molecule has 0 fully saturated rings. The maximum absolute atomic E-state index is 12.0. The first-order valence-electron chi connectivity index (χ1n) is 7.00. The van der Waals surface area contributed by atoms with Crippen molar-refractivity contribution in [3.8, 4) is 5.69 Å². The summed E-state index contributed by atoms with van der Waals surface area (Å²) >= 11 is 0. The molecule has 1 aromatic heterocycles. The number of nitrogens with zero attached hydrogens (tertiary/aromatic N) is 1. The molecule has 1 heterocycles. The summed E-state index contributed by atoms with van der Waals surface area (Å²) in [5.41, 5.74) is 7.65. The third-order valence-corrected chi connectivity index (χ3v) is 3.22. The summed E-state index contributed by atoms with van der Waals surface area (Å²) in [6.07, 6.45) is 6.67. The van der Waals surface area contributed by atoms with Crippen LogP contribution < -0.4 is 11.1 Å². The number of aromatic nitrogens is 1. The van der Waals surface area contributed by atoms with Gasteiger partial charge in [0.15, 0.2) is 0 Å². The molecule has 0 aliphatic rings. The van der Waals surface area contributed by atoms with Gasteiger partial charge < -0.3 is 15.6 Å². The van der Waals surface area contributed by atoms with Gasteiger partial charge in [-0.2, -0.15) is 0 Å². The number of carbonyl (C=O) groups excluding carboxylic acids is 1. The van der Waals surface area contributed by atoms with E-state index in [4.69, 9.17) is 5.73 Å². The molecule has 1 amide bonds. The SMILES string of the molecule is CCCCC(N)C(=O)Nc1cccc(-n2cccc2)c1. The van der Waals surface area contributed by atoms with Crippen LogP contribution in [0.15, 0.2) is 48.8 Å². The van der Waals surface area contributed by atoms with Crippen LogP contribution >= 0.6 is 0 Å². The predicted molar refractivity (Wildman–Crippen MR) is 81.9 cm³/mol. The van der Waals surface area contributed by atoms with E-state index in [1.807, 2.05) is 53.4 Å². The van der Waals surface area contributed by atoms with Crippen LogP contribution in [-0.2, 0) is 4.79 Å². The summed E-state index contributed by atoms with van der Waals surface area (Å²) in [6.45, 7) is 2.09. The lowest BCUT2D eigenvalue weighted by atomic mass is 10.1. The van der Waals surface area contributed by atoms with Gasteiger partial charge in [0.25, 0.3) is 0 Å². The molecule has 1 unspecified atom stereocenters. The van der Waals surface area contributed by atoms with E-state index in [-0.39, 0.29) is 5.91 Å². The summed E-state index contributed by atoms with van der Waals surface area (Å²) in [7, 11) is 0. The largest absolute Gasteiger partial charge is 0.325 e. The Hall–Kier alpha value is -2.07. The zero-order valence-corrected chi connectivity index (χ0v) is 11.8. The van der Waals surface area contributed by atoms with Gasteiger partial charge in [-0.3, -0.25) is 4.79 Å². The number of carbonyl (C=O) groups is 1. The monoisotopic (exact) mass is 271 g/mol. The minimum atomic E-state index is -0.440. The number of anilines is 1. The molecule has 1 atom stereocenters. The number of hydrogen-bond donors (Lipinski definition) is 2. The molecule has 2 aromatic rings. The fraction of sp³-hybridized carbons (Fsp3) is 0.312. The van der Waals surface area contributed by atoms with Crippen molar-refractivity contribution in [2.75, 3.05) is 5.32 Å². The fourth-order valence-electron chi connectivity index (χ4n) is 2.04. The molecule has 20 heavy (non-hydrogen) atoms. The van der Waals surface area contributed by atoms with E-state index in [9.17, 15) is 4.79 Å². The van der Waals surface area contributed by atoms with Gasteiger partial charge in [0.2, 0.25) is 5.91 Å². The second-order valence-electron chi connectivity index (χ2n) is 4.88. The Bertz CT molecular complexity index is 549. The Labute approximate surface area is 119 Å². The van der Waals surface area contributed by atoms with Crippen molar-refractivity contribution in [1.29, 1.82) is 0 Å². The highest BCUT2D eigenvalue weighted by Crippen LogP contribution is 2.15. The summed E-state index contributed by atoms with van der Waals surface area (Å²) in [4.78, 5) is 12.0. The third kappa shape index (κ3) is 3.71. The summed E-state index contributed by atoms with van der Waals surface area (Å²) < 4.78 is 1.99. The van der Waals surface area contributed by atoms with Gasteiger partial charge in [-0.15, -0.1) is 0 Å². The summed E-state index contributed by atoms with van der Waals surface area (Å²) in [6, 6.07) is 11.2. The van der Waals surface area contributed by atoms with Crippen LogP contribution in [0, 0.1) is 0 Å².